The second-order valence-electron chi connectivity index (χ2n) is 8.27. The summed E-state index contributed by atoms with van der Waals surface area (Å²) >= 11 is 0. The first-order chi connectivity index (χ1) is 13.1. The number of hydrogen-bond donors (Lipinski definition) is 1. The van der Waals surface area contributed by atoms with Gasteiger partial charge in [-0.2, -0.15) is 0 Å². The van der Waals surface area contributed by atoms with E-state index in [0.29, 0.717) is 34.4 Å². The van der Waals surface area contributed by atoms with Crippen molar-refractivity contribution >= 4 is 32.5 Å². The third kappa shape index (κ3) is 3.33. The van der Waals surface area contributed by atoms with Gasteiger partial charge < -0.3 is 4.42 Å². The van der Waals surface area contributed by atoms with Crippen LogP contribution < -0.4 is 4.72 Å². The van der Waals surface area contributed by atoms with Gasteiger partial charge in [0.2, 0.25) is 0 Å². The summed E-state index contributed by atoms with van der Waals surface area (Å²) in [5.74, 6) is 0.752. The Morgan fingerprint density at radius 3 is 2.39 bits per heavy atom. The van der Waals surface area contributed by atoms with E-state index in [1.165, 1.54) is 0 Å². The third-order valence-corrected chi connectivity index (χ3v) is 6.53. The number of hydrogen-bond acceptors (Lipinski definition) is 4. The fourth-order valence-corrected chi connectivity index (χ4v) is 4.63. The topological polar surface area (TPSA) is 76.4 Å². The lowest BCUT2D eigenvalue weighted by atomic mass is 9.87. The summed E-state index contributed by atoms with van der Waals surface area (Å²) in [6, 6.07) is 12.0. The molecule has 28 heavy (non-hydrogen) atoms. The van der Waals surface area contributed by atoms with Crippen LogP contribution in [0.15, 0.2) is 51.8 Å². The highest BCUT2D eigenvalue weighted by Crippen LogP contribution is 2.34. The molecule has 1 aliphatic rings. The molecule has 0 spiro atoms. The van der Waals surface area contributed by atoms with E-state index in [0.717, 1.165) is 18.4 Å². The molecular formula is C22H23NO4S. The maximum absolute atomic E-state index is 12.8. The molecule has 0 radical (unpaired) electrons. The van der Waals surface area contributed by atoms with Crippen LogP contribution in [0, 0.1) is 0 Å². The number of aryl methyl sites for hydroxylation is 1. The van der Waals surface area contributed by atoms with Crippen molar-refractivity contribution in [3.05, 3.63) is 59.4 Å². The van der Waals surface area contributed by atoms with Crippen LogP contribution >= 0.6 is 0 Å². The number of carbonyl (C=O) groups excluding carboxylic acids is 1. The molecule has 0 atom stereocenters. The Morgan fingerprint density at radius 2 is 1.71 bits per heavy atom. The minimum absolute atomic E-state index is 0.0479. The van der Waals surface area contributed by atoms with Gasteiger partial charge in [0.15, 0.2) is 5.78 Å². The average Bonchev–Trinajstić information content (AvgIpc) is 3.00. The van der Waals surface area contributed by atoms with Crippen LogP contribution in [0.25, 0.3) is 11.0 Å². The van der Waals surface area contributed by atoms with Crippen LogP contribution in [0.5, 0.6) is 0 Å². The summed E-state index contributed by atoms with van der Waals surface area (Å²) in [6.07, 6.45) is 2.02. The standard InChI is InChI=1S/C22H23NO4S/c1-22(2,3)14-7-10-16(11-8-14)28(25,26)23-15-9-12-19-17(13-15)21-18(24)5-4-6-20(21)27-19/h7-13,23H,4-6H2,1-3H3. The maximum Gasteiger partial charge on any atom is 0.261 e. The van der Waals surface area contributed by atoms with E-state index in [2.05, 4.69) is 25.5 Å². The lowest BCUT2D eigenvalue weighted by Crippen LogP contribution is -2.15. The van der Waals surface area contributed by atoms with Gasteiger partial charge in [-0.05, 0) is 47.7 Å². The Bertz CT molecular complexity index is 1170. The quantitative estimate of drug-likeness (QED) is 0.671. The van der Waals surface area contributed by atoms with Gasteiger partial charge in [-0.25, -0.2) is 8.42 Å². The number of benzene rings is 2. The summed E-state index contributed by atoms with van der Waals surface area (Å²) < 4.78 is 34.0. The SMILES string of the molecule is CC(C)(C)c1ccc(S(=O)(=O)Nc2ccc3oc4c(c3c2)C(=O)CCC4)cc1. The molecule has 0 fully saturated rings. The van der Waals surface area contributed by atoms with Crippen molar-refractivity contribution in [3.63, 3.8) is 0 Å². The highest BCUT2D eigenvalue weighted by atomic mass is 32.2. The molecule has 5 nitrogen and oxygen atoms in total. The predicted molar refractivity (Wildman–Crippen MR) is 109 cm³/mol. The summed E-state index contributed by atoms with van der Waals surface area (Å²) in [6.45, 7) is 6.24. The Hall–Kier alpha value is -2.60. The molecule has 1 heterocycles. The number of sulfonamides is 1. The van der Waals surface area contributed by atoms with Gasteiger partial charge >= 0.3 is 0 Å². The first-order valence-corrected chi connectivity index (χ1v) is 10.9. The van der Waals surface area contributed by atoms with E-state index < -0.39 is 10.0 Å². The minimum atomic E-state index is -3.73. The van der Waals surface area contributed by atoms with E-state index in [1.54, 1.807) is 30.3 Å². The molecule has 146 valence electrons. The van der Waals surface area contributed by atoms with Crippen molar-refractivity contribution in [2.24, 2.45) is 0 Å². The number of furan rings is 1. The number of Topliss-reactive ketones (excluding diaryl/α,β-unsaturated/α-hetero) is 1. The number of anilines is 1. The summed E-state index contributed by atoms with van der Waals surface area (Å²) in [4.78, 5) is 12.5. The highest BCUT2D eigenvalue weighted by molar-refractivity contribution is 7.92. The van der Waals surface area contributed by atoms with Crippen molar-refractivity contribution in [2.45, 2.75) is 50.3 Å². The average molecular weight is 397 g/mol. The molecule has 0 amide bonds. The molecular weight excluding hydrogens is 374 g/mol. The molecule has 0 saturated heterocycles. The number of ketones is 1. The van der Waals surface area contributed by atoms with E-state index in [9.17, 15) is 13.2 Å². The second-order valence-corrected chi connectivity index (χ2v) is 9.95. The van der Waals surface area contributed by atoms with E-state index in [4.69, 9.17) is 4.42 Å². The molecule has 6 heteroatoms. The van der Waals surface area contributed by atoms with Crippen molar-refractivity contribution in [1.29, 1.82) is 0 Å². The summed E-state index contributed by atoms with van der Waals surface area (Å²) in [5.41, 5.74) is 2.63. The summed E-state index contributed by atoms with van der Waals surface area (Å²) in [5, 5.41) is 0.669. The van der Waals surface area contributed by atoms with Gasteiger partial charge in [-0.15, -0.1) is 0 Å². The van der Waals surface area contributed by atoms with Crippen LogP contribution in [-0.4, -0.2) is 14.2 Å². The molecule has 3 aromatic rings. The van der Waals surface area contributed by atoms with Gasteiger partial charge in [-0.3, -0.25) is 9.52 Å². The number of nitrogens with one attached hydrogen (secondary N) is 1. The monoisotopic (exact) mass is 397 g/mol. The van der Waals surface area contributed by atoms with E-state index >= 15 is 0 Å². The van der Waals surface area contributed by atoms with Gasteiger partial charge in [-0.1, -0.05) is 32.9 Å². The molecule has 2 aromatic carbocycles. The second kappa shape index (κ2) is 6.48. The molecule has 1 aliphatic carbocycles. The molecule has 0 saturated carbocycles. The Morgan fingerprint density at radius 1 is 1.00 bits per heavy atom. The third-order valence-electron chi connectivity index (χ3n) is 5.13. The number of carbonyl (C=O) groups is 1. The molecule has 1 aromatic heterocycles. The van der Waals surface area contributed by atoms with Gasteiger partial charge in [0.1, 0.15) is 11.3 Å². The van der Waals surface area contributed by atoms with E-state index in [-0.39, 0.29) is 16.1 Å². The molecule has 1 N–H and O–H groups in total. The highest BCUT2D eigenvalue weighted by Gasteiger charge is 2.25. The Balaban J connectivity index is 1.67. The first-order valence-electron chi connectivity index (χ1n) is 9.37. The minimum Gasteiger partial charge on any atom is -0.460 e. The normalized spacial score (nSPS) is 14.9. The fraction of sp³-hybridized carbons (Fsp3) is 0.318. The summed E-state index contributed by atoms with van der Waals surface area (Å²) in [7, 11) is -3.73. The van der Waals surface area contributed by atoms with Crippen LogP contribution in [-0.2, 0) is 21.9 Å². The smallest absolute Gasteiger partial charge is 0.261 e. The Kier molecular flexibility index (Phi) is 4.34. The zero-order chi connectivity index (χ0) is 20.1. The van der Waals surface area contributed by atoms with Gasteiger partial charge in [0.05, 0.1) is 10.5 Å². The number of rotatable bonds is 3. The van der Waals surface area contributed by atoms with E-state index in [1.807, 2.05) is 12.1 Å². The van der Waals surface area contributed by atoms with Crippen molar-refractivity contribution in [2.75, 3.05) is 4.72 Å². The van der Waals surface area contributed by atoms with Crippen molar-refractivity contribution in [1.82, 2.24) is 0 Å². The lowest BCUT2D eigenvalue weighted by molar-refractivity contribution is 0.0971. The van der Waals surface area contributed by atoms with Crippen LogP contribution in [0.4, 0.5) is 5.69 Å². The van der Waals surface area contributed by atoms with Gasteiger partial charge in [0.25, 0.3) is 10.0 Å². The van der Waals surface area contributed by atoms with Crippen LogP contribution in [0.3, 0.4) is 0 Å². The van der Waals surface area contributed by atoms with Gasteiger partial charge in [0, 0.05) is 23.9 Å². The fourth-order valence-electron chi connectivity index (χ4n) is 3.58. The number of fused-ring (bicyclic) bond motifs is 3. The molecule has 4 rings (SSSR count). The zero-order valence-corrected chi connectivity index (χ0v) is 17.0. The first kappa shape index (κ1) is 18.7. The Labute approximate surface area is 164 Å². The van der Waals surface area contributed by atoms with Crippen molar-refractivity contribution < 1.29 is 17.6 Å². The predicted octanol–water partition coefficient (Wildman–Crippen LogP) is 5.05. The van der Waals surface area contributed by atoms with Crippen molar-refractivity contribution in [3.8, 4) is 0 Å². The largest absolute Gasteiger partial charge is 0.460 e. The lowest BCUT2D eigenvalue weighted by Gasteiger charge is -2.19. The molecule has 0 unspecified atom stereocenters. The molecule has 0 bridgehead atoms. The van der Waals surface area contributed by atoms with Crippen LogP contribution in [0.2, 0.25) is 0 Å². The van der Waals surface area contributed by atoms with Crippen LogP contribution in [0.1, 0.15) is 55.3 Å². The zero-order valence-electron chi connectivity index (χ0n) is 16.2. The molecule has 0 aliphatic heterocycles. The maximum atomic E-state index is 12.8.